The fourth-order valence-corrected chi connectivity index (χ4v) is 6.32. The monoisotopic (exact) mass is 411 g/mol. The predicted molar refractivity (Wildman–Crippen MR) is 105 cm³/mol. The van der Waals surface area contributed by atoms with Crippen molar-refractivity contribution in [3.63, 3.8) is 0 Å². The van der Waals surface area contributed by atoms with Crippen LogP contribution in [0.5, 0.6) is 0 Å². The molecule has 0 spiro atoms. The third-order valence-corrected chi connectivity index (χ3v) is 7.81. The smallest absolute Gasteiger partial charge is 0.331 e. The highest BCUT2D eigenvalue weighted by atomic mass is 32.2. The number of ether oxygens (including phenoxy) is 1. The van der Waals surface area contributed by atoms with Crippen molar-refractivity contribution in [2.75, 3.05) is 18.1 Å². The van der Waals surface area contributed by atoms with Gasteiger partial charge in [0.05, 0.1) is 11.5 Å². The van der Waals surface area contributed by atoms with Crippen molar-refractivity contribution in [1.82, 2.24) is 4.90 Å². The molecule has 1 aromatic heterocycles. The quantitative estimate of drug-likeness (QED) is 0.531. The molecule has 0 unspecified atom stereocenters. The Morgan fingerprint density at radius 2 is 1.96 bits per heavy atom. The Bertz CT molecular complexity index is 821. The van der Waals surface area contributed by atoms with Crippen molar-refractivity contribution in [3.05, 3.63) is 28.0 Å². The lowest BCUT2D eigenvalue weighted by Gasteiger charge is -2.33. The van der Waals surface area contributed by atoms with E-state index in [2.05, 4.69) is 0 Å². The Morgan fingerprint density at radius 1 is 1.22 bits per heavy atom. The normalized spacial score (nSPS) is 22.3. The molecule has 2 fully saturated rings. The molecule has 1 amide bonds. The van der Waals surface area contributed by atoms with Crippen LogP contribution in [0, 0.1) is 6.92 Å². The zero-order valence-corrected chi connectivity index (χ0v) is 17.1. The van der Waals surface area contributed by atoms with Gasteiger partial charge in [0.1, 0.15) is 0 Å². The van der Waals surface area contributed by atoms with E-state index >= 15 is 0 Å². The standard InChI is InChI=1S/C19H25NO5S2/c1-14-6-7-17(26-14)8-9-19(22)25-12-18(21)20(15-4-2-3-5-15)16-10-11-27(23,24)13-16/h6-9,15-16H,2-5,10-13H2,1H3/b9-8+/t16-/m1/s1. The van der Waals surface area contributed by atoms with Crippen LogP contribution in [-0.4, -0.2) is 55.4 Å². The van der Waals surface area contributed by atoms with Gasteiger partial charge < -0.3 is 9.64 Å². The van der Waals surface area contributed by atoms with E-state index in [0.29, 0.717) is 6.42 Å². The first-order valence-corrected chi connectivity index (χ1v) is 11.9. The van der Waals surface area contributed by atoms with E-state index in [1.54, 1.807) is 22.3 Å². The van der Waals surface area contributed by atoms with Gasteiger partial charge in [-0.3, -0.25) is 4.79 Å². The van der Waals surface area contributed by atoms with Gasteiger partial charge >= 0.3 is 5.97 Å². The van der Waals surface area contributed by atoms with Crippen molar-refractivity contribution in [1.29, 1.82) is 0 Å². The topological polar surface area (TPSA) is 80.8 Å². The van der Waals surface area contributed by atoms with Gasteiger partial charge in [0.15, 0.2) is 16.4 Å². The first kappa shape index (κ1) is 20.1. The molecule has 0 bridgehead atoms. The summed E-state index contributed by atoms with van der Waals surface area (Å²) in [6, 6.07) is 3.64. The number of hydrogen-bond donors (Lipinski definition) is 0. The summed E-state index contributed by atoms with van der Waals surface area (Å²) in [6.45, 7) is 1.64. The zero-order valence-electron chi connectivity index (χ0n) is 15.4. The molecule has 1 saturated heterocycles. The minimum Gasteiger partial charge on any atom is -0.452 e. The predicted octanol–water partition coefficient (Wildman–Crippen LogP) is 2.57. The fraction of sp³-hybridized carbons (Fsp3) is 0.579. The second-order valence-corrected chi connectivity index (χ2v) is 10.7. The molecular weight excluding hydrogens is 386 g/mol. The van der Waals surface area contributed by atoms with E-state index in [4.69, 9.17) is 4.74 Å². The molecule has 8 heteroatoms. The number of thiophene rings is 1. The van der Waals surface area contributed by atoms with Gasteiger partial charge in [0, 0.05) is 27.9 Å². The Balaban J connectivity index is 1.59. The lowest BCUT2D eigenvalue weighted by Crippen LogP contribution is -2.48. The molecule has 1 aliphatic heterocycles. The molecule has 27 heavy (non-hydrogen) atoms. The maximum Gasteiger partial charge on any atom is 0.331 e. The van der Waals surface area contributed by atoms with Crippen molar-refractivity contribution >= 4 is 39.1 Å². The second kappa shape index (κ2) is 8.56. The van der Waals surface area contributed by atoms with Crippen LogP contribution >= 0.6 is 11.3 Å². The number of nitrogens with zero attached hydrogens (tertiary/aromatic N) is 1. The third kappa shape index (κ3) is 5.42. The summed E-state index contributed by atoms with van der Waals surface area (Å²) in [5, 5.41) is 0. The van der Waals surface area contributed by atoms with Crippen molar-refractivity contribution in [3.8, 4) is 0 Å². The lowest BCUT2D eigenvalue weighted by atomic mass is 10.1. The minimum absolute atomic E-state index is 0.0147. The zero-order chi connectivity index (χ0) is 19.4. The van der Waals surface area contributed by atoms with Crippen molar-refractivity contribution in [2.45, 2.75) is 51.1 Å². The van der Waals surface area contributed by atoms with Gasteiger partial charge in [0.2, 0.25) is 0 Å². The van der Waals surface area contributed by atoms with Crippen LogP contribution in [0.3, 0.4) is 0 Å². The second-order valence-electron chi connectivity index (χ2n) is 7.19. The first-order chi connectivity index (χ1) is 12.8. The molecule has 148 valence electrons. The highest BCUT2D eigenvalue weighted by Crippen LogP contribution is 2.29. The number of aryl methyl sites for hydroxylation is 1. The molecule has 1 aromatic rings. The minimum atomic E-state index is -3.08. The number of amides is 1. The number of sulfone groups is 1. The number of carbonyl (C=O) groups is 2. The number of esters is 1. The van der Waals surface area contributed by atoms with E-state index in [1.165, 1.54) is 6.08 Å². The van der Waals surface area contributed by atoms with E-state index in [1.807, 2.05) is 19.1 Å². The maximum absolute atomic E-state index is 12.7. The van der Waals surface area contributed by atoms with Crippen LogP contribution in [0.15, 0.2) is 18.2 Å². The summed E-state index contributed by atoms with van der Waals surface area (Å²) >= 11 is 1.57. The van der Waals surface area contributed by atoms with Crippen LogP contribution in [0.4, 0.5) is 0 Å². The third-order valence-electron chi connectivity index (χ3n) is 5.09. The summed E-state index contributed by atoms with van der Waals surface area (Å²) in [7, 11) is -3.08. The molecule has 0 aromatic carbocycles. The number of rotatable bonds is 6. The van der Waals surface area contributed by atoms with Crippen LogP contribution < -0.4 is 0 Å². The Labute approximate surface area is 164 Å². The van der Waals surface area contributed by atoms with E-state index in [9.17, 15) is 18.0 Å². The van der Waals surface area contributed by atoms with Crippen molar-refractivity contribution < 1.29 is 22.7 Å². The van der Waals surface area contributed by atoms with Gasteiger partial charge in [-0.15, -0.1) is 11.3 Å². The van der Waals surface area contributed by atoms with Gasteiger partial charge in [-0.2, -0.15) is 0 Å². The Kier molecular flexibility index (Phi) is 6.37. The Morgan fingerprint density at radius 3 is 2.56 bits per heavy atom. The molecule has 1 aliphatic carbocycles. The van der Waals surface area contributed by atoms with E-state index < -0.39 is 15.8 Å². The summed E-state index contributed by atoms with van der Waals surface area (Å²) in [6.07, 6.45) is 7.30. The van der Waals surface area contributed by atoms with E-state index in [0.717, 1.165) is 35.4 Å². The summed E-state index contributed by atoms with van der Waals surface area (Å²) in [5.74, 6) is -0.727. The largest absolute Gasteiger partial charge is 0.452 e. The molecule has 6 nitrogen and oxygen atoms in total. The SMILES string of the molecule is Cc1ccc(/C=C/C(=O)OCC(=O)N(C2CCCC2)[C@@H]2CCS(=O)(=O)C2)s1. The van der Waals surface area contributed by atoms with Gasteiger partial charge in [-0.25, -0.2) is 13.2 Å². The molecule has 0 radical (unpaired) electrons. The highest BCUT2D eigenvalue weighted by molar-refractivity contribution is 7.91. The van der Waals surface area contributed by atoms with Crippen molar-refractivity contribution in [2.24, 2.45) is 0 Å². The van der Waals surface area contributed by atoms with Gasteiger partial charge in [0.25, 0.3) is 5.91 Å². The maximum atomic E-state index is 12.7. The highest BCUT2D eigenvalue weighted by Gasteiger charge is 2.39. The van der Waals surface area contributed by atoms with Gasteiger partial charge in [-0.1, -0.05) is 12.8 Å². The lowest BCUT2D eigenvalue weighted by molar-refractivity contribution is -0.150. The van der Waals surface area contributed by atoms with Gasteiger partial charge in [-0.05, 0) is 44.4 Å². The number of hydrogen-bond acceptors (Lipinski definition) is 6. The number of carbonyl (C=O) groups excluding carboxylic acids is 2. The van der Waals surface area contributed by atoms with E-state index in [-0.39, 0.29) is 36.1 Å². The van der Waals surface area contributed by atoms with Crippen LogP contribution in [0.1, 0.15) is 41.9 Å². The molecular formula is C19H25NO5S2. The average molecular weight is 412 g/mol. The first-order valence-electron chi connectivity index (χ1n) is 9.27. The average Bonchev–Trinajstić information content (AvgIpc) is 3.34. The molecule has 1 saturated carbocycles. The van der Waals surface area contributed by atoms with Crippen LogP contribution in [0.2, 0.25) is 0 Å². The summed E-state index contributed by atoms with van der Waals surface area (Å²) < 4.78 is 28.8. The van der Waals surface area contributed by atoms with Crippen LogP contribution in [0.25, 0.3) is 6.08 Å². The fourth-order valence-electron chi connectivity index (χ4n) is 3.83. The molecule has 0 N–H and O–H groups in total. The molecule has 2 heterocycles. The summed E-state index contributed by atoms with van der Waals surface area (Å²) in [5.41, 5.74) is 0. The summed E-state index contributed by atoms with van der Waals surface area (Å²) in [4.78, 5) is 28.5. The van der Waals surface area contributed by atoms with Crippen LogP contribution in [-0.2, 0) is 24.2 Å². The molecule has 2 aliphatic rings. The Hall–Kier alpha value is -1.67. The molecule has 1 atom stereocenters. The molecule has 3 rings (SSSR count).